The summed E-state index contributed by atoms with van der Waals surface area (Å²) < 4.78 is 0. The van der Waals surface area contributed by atoms with Gasteiger partial charge in [-0.15, -0.1) is 0 Å². The first kappa shape index (κ1) is 8.16. The highest BCUT2D eigenvalue weighted by Gasteiger charge is 2.33. The van der Waals surface area contributed by atoms with Crippen LogP contribution in [0.3, 0.4) is 0 Å². The summed E-state index contributed by atoms with van der Waals surface area (Å²) in [4.78, 5) is 28.6. The fourth-order valence-electron chi connectivity index (χ4n) is 1.74. The van der Waals surface area contributed by atoms with Gasteiger partial charge in [0.2, 0.25) is 0 Å². The van der Waals surface area contributed by atoms with Gasteiger partial charge >= 0.3 is 6.03 Å². The van der Waals surface area contributed by atoms with E-state index in [1.807, 2.05) is 18.2 Å². The maximum absolute atomic E-state index is 11.5. The van der Waals surface area contributed by atoms with Crippen molar-refractivity contribution in [2.75, 3.05) is 11.4 Å². The van der Waals surface area contributed by atoms with E-state index in [-0.39, 0.29) is 12.6 Å². The van der Waals surface area contributed by atoms with Crippen molar-refractivity contribution in [2.24, 2.45) is 4.99 Å². The number of rotatable bonds is 0. The number of para-hydroxylation sites is 2. The van der Waals surface area contributed by atoms with Crippen molar-refractivity contribution in [1.82, 2.24) is 5.32 Å². The summed E-state index contributed by atoms with van der Waals surface area (Å²) in [7, 11) is 0. The Bertz CT molecular complexity index is 507. The molecule has 0 saturated carbocycles. The van der Waals surface area contributed by atoms with Crippen molar-refractivity contribution in [3.8, 4) is 0 Å². The lowest BCUT2D eigenvalue weighted by Gasteiger charge is -2.31. The number of carbonyl (C=O) groups excluding carboxylic acids is 2. The number of carbonyl (C=O) groups is 2. The number of anilines is 1. The molecule has 0 spiro atoms. The lowest BCUT2D eigenvalue weighted by Crippen LogP contribution is -2.56. The molecular weight excluding hydrogens is 194 g/mol. The van der Waals surface area contributed by atoms with Crippen LogP contribution in [0.25, 0.3) is 0 Å². The number of amides is 3. The average molecular weight is 201 g/mol. The standard InChI is InChI=1S/C10H7N3O2/c14-9-7-5-13(10(15)12-9)8-4-2-1-3-6(8)11-7/h1-4H,5H2,(H,12,14,15). The number of nitrogens with zero attached hydrogens (tertiary/aromatic N) is 2. The van der Waals surface area contributed by atoms with Crippen LogP contribution in [0.4, 0.5) is 16.2 Å². The second kappa shape index (κ2) is 2.66. The third-order valence-electron chi connectivity index (χ3n) is 2.46. The van der Waals surface area contributed by atoms with Gasteiger partial charge in [-0.05, 0) is 12.1 Å². The lowest BCUT2D eigenvalue weighted by molar-refractivity contribution is -0.114. The molecule has 5 nitrogen and oxygen atoms in total. The van der Waals surface area contributed by atoms with Gasteiger partial charge in [0, 0.05) is 0 Å². The first-order valence-electron chi connectivity index (χ1n) is 4.55. The van der Waals surface area contributed by atoms with Crippen molar-refractivity contribution in [3.63, 3.8) is 0 Å². The Kier molecular flexibility index (Phi) is 1.45. The summed E-state index contributed by atoms with van der Waals surface area (Å²) in [6.45, 7) is 0.266. The van der Waals surface area contributed by atoms with Crippen LogP contribution < -0.4 is 10.2 Å². The molecule has 74 valence electrons. The molecule has 2 heterocycles. The molecule has 0 aliphatic carbocycles. The minimum atomic E-state index is -0.397. The smallest absolute Gasteiger partial charge is 0.286 e. The van der Waals surface area contributed by atoms with Gasteiger partial charge in [-0.1, -0.05) is 12.1 Å². The van der Waals surface area contributed by atoms with Crippen molar-refractivity contribution in [2.45, 2.75) is 0 Å². The zero-order valence-corrected chi connectivity index (χ0v) is 7.73. The zero-order valence-electron chi connectivity index (χ0n) is 7.73. The predicted octanol–water partition coefficient (Wildman–Crippen LogP) is 0.829. The second-order valence-corrected chi connectivity index (χ2v) is 3.39. The Morgan fingerprint density at radius 2 is 2.07 bits per heavy atom. The van der Waals surface area contributed by atoms with Crippen LogP contribution >= 0.6 is 0 Å². The van der Waals surface area contributed by atoms with Crippen LogP contribution in [0.5, 0.6) is 0 Å². The van der Waals surface area contributed by atoms with Gasteiger partial charge in [-0.3, -0.25) is 15.0 Å². The molecule has 1 aromatic rings. The van der Waals surface area contributed by atoms with Crippen LogP contribution in [0.15, 0.2) is 29.3 Å². The summed E-state index contributed by atoms with van der Waals surface area (Å²) in [5, 5.41) is 2.24. The highest BCUT2D eigenvalue weighted by Crippen LogP contribution is 2.32. The molecule has 1 N–H and O–H groups in total. The van der Waals surface area contributed by atoms with Gasteiger partial charge < -0.3 is 0 Å². The molecule has 1 fully saturated rings. The fourth-order valence-corrected chi connectivity index (χ4v) is 1.74. The molecule has 0 radical (unpaired) electrons. The monoisotopic (exact) mass is 201 g/mol. The Morgan fingerprint density at radius 1 is 1.27 bits per heavy atom. The highest BCUT2D eigenvalue weighted by atomic mass is 16.2. The number of fused-ring (bicyclic) bond motifs is 4. The summed E-state index contributed by atoms with van der Waals surface area (Å²) >= 11 is 0. The van der Waals surface area contributed by atoms with E-state index in [1.54, 1.807) is 6.07 Å². The van der Waals surface area contributed by atoms with Crippen LogP contribution in [0.1, 0.15) is 0 Å². The third-order valence-corrected chi connectivity index (χ3v) is 2.46. The summed E-state index contributed by atoms with van der Waals surface area (Å²) in [5.41, 5.74) is 1.79. The fraction of sp³-hybridized carbons (Fsp3) is 0.100. The summed E-state index contributed by atoms with van der Waals surface area (Å²) in [5.74, 6) is -0.397. The molecule has 5 heteroatoms. The van der Waals surface area contributed by atoms with Crippen LogP contribution in [0, 0.1) is 0 Å². The topological polar surface area (TPSA) is 61.8 Å². The van der Waals surface area contributed by atoms with E-state index in [0.29, 0.717) is 11.4 Å². The molecule has 1 aromatic carbocycles. The number of hydrogen-bond acceptors (Lipinski definition) is 3. The maximum atomic E-state index is 11.5. The van der Waals surface area contributed by atoms with Crippen molar-refractivity contribution < 1.29 is 9.59 Å². The largest absolute Gasteiger partial charge is 0.329 e. The van der Waals surface area contributed by atoms with Gasteiger partial charge in [-0.25, -0.2) is 9.79 Å². The predicted molar refractivity (Wildman–Crippen MR) is 54.4 cm³/mol. The number of imide groups is 1. The number of benzene rings is 1. The van der Waals surface area contributed by atoms with E-state index < -0.39 is 5.91 Å². The molecule has 2 aliphatic rings. The Morgan fingerprint density at radius 3 is 2.93 bits per heavy atom. The number of nitrogens with one attached hydrogen (secondary N) is 1. The average Bonchev–Trinajstić information content (AvgIpc) is 2.26. The highest BCUT2D eigenvalue weighted by molar-refractivity contribution is 6.47. The lowest BCUT2D eigenvalue weighted by atomic mass is 10.1. The Balaban J connectivity index is 2.23. The molecule has 3 amide bonds. The van der Waals surface area contributed by atoms with Crippen molar-refractivity contribution >= 4 is 29.0 Å². The van der Waals surface area contributed by atoms with Gasteiger partial charge in [0.15, 0.2) is 0 Å². The molecule has 15 heavy (non-hydrogen) atoms. The van der Waals surface area contributed by atoms with Crippen LogP contribution in [-0.2, 0) is 4.79 Å². The molecule has 0 aromatic heterocycles. The first-order valence-corrected chi connectivity index (χ1v) is 4.55. The molecular formula is C10H7N3O2. The molecule has 2 aliphatic heterocycles. The van der Waals surface area contributed by atoms with E-state index >= 15 is 0 Å². The molecule has 3 rings (SSSR count). The number of urea groups is 1. The molecule has 0 atom stereocenters. The maximum Gasteiger partial charge on any atom is 0.329 e. The minimum Gasteiger partial charge on any atom is -0.286 e. The summed E-state index contributed by atoms with van der Waals surface area (Å²) in [6, 6.07) is 6.88. The SMILES string of the molecule is O=C1NC(=O)N2CC1=Nc1ccccc12. The number of aliphatic imine (C=N–C) groups is 1. The second-order valence-electron chi connectivity index (χ2n) is 3.39. The molecule has 0 unspecified atom stereocenters. The molecule has 2 bridgehead atoms. The normalized spacial score (nSPS) is 18.1. The Labute approximate surface area is 85.4 Å². The van der Waals surface area contributed by atoms with Gasteiger partial charge in [-0.2, -0.15) is 0 Å². The van der Waals surface area contributed by atoms with Crippen LogP contribution in [0.2, 0.25) is 0 Å². The van der Waals surface area contributed by atoms with Gasteiger partial charge in [0.25, 0.3) is 5.91 Å². The van der Waals surface area contributed by atoms with E-state index in [4.69, 9.17) is 0 Å². The van der Waals surface area contributed by atoms with Crippen LogP contribution in [-0.4, -0.2) is 24.2 Å². The molecule has 1 saturated heterocycles. The quantitative estimate of drug-likeness (QED) is 0.675. The Hall–Kier alpha value is -2.17. The minimum absolute atomic E-state index is 0.266. The van der Waals surface area contributed by atoms with Gasteiger partial charge in [0.05, 0.1) is 17.9 Å². The van der Waals surface area contributed by atoms with Crippen molar-refractivity contribution in [3.05, 3.63) is 24.3 Å². The number of hydrogen-bond donors (Lipinski definition) is 1. The first-order chi connectivity index (χ1) is 7.25. The third kappa shape index (κ3) is 1.06. The van der Waals surface area contributed by atoms with E-state index in [9.17, 15) is 9.59 Å². The van der Waals surface area contributed by atoms with E-state index in [0.717, 1.165) is 5.69 Å². The van der Waals surface area contributed by atoms with Crippen molar-refractivity contribution in [1.29, 1.82) is 0 Å². The zero-order chi connectivity index (χ0) is 10.4. The van der Waals surface area contributed by atoms with Gasteiger partial charge in [0.1, 0.15) is 5.71 Å². The van der Waals surface area contributed by atoms with E-state index in [1.165, 1.54) is 4.90 Å². The van der Waals surface area contributed by atoms with E-state index in [2.05, 4.69) is 10.3 Å². The summed E-state index contributed by atoms with van der Waals surface area (Å²) in [6.07, 6.45) is 0.